The average molecular weight is 629 g/mol. The smallest absolute Gasteiger partial charge is 0.0755 e. The summed E-state index contributed by atoms with van der Waals surface area (Å²) in [7, 11) is 2.24. The SMILES string of the molecule is CN(c1ccc2c(c1)C(C)(C)c1ccccc1-2)c1cccc2c1-c1ccccc1C21c2ccccc2N(c2ccccc2)c2ccccc21. The number of hydrogen-bond donors (Lipinski definition) is 0. The first kappa shape index (κ1) is 28.2. The largest absolute Gasteiger partial charge is 0.344 e. The average Bonchev–Trinajstić information content (AvgIpc) is 3.58. The number of benzene rings is 7. The minimum Gasteiger partial charge on any atom is -0.344 e. The molecule has 1 aliphatic heterocycles. The maximum atomic E-state index is 2.44. The molecule has 49 heavy (non-hydrogen) atoms. The van der Waals surface area contributed by atoms with Crippen molar-refractivity contribution in [3.05, 3.63) is 197 Å². The van der Waals surface area contributed by atoms with Crippen LogP contribution >= 0.6 is 0 Å². The third-order valence-electron chi connectivity index (χ3n) is 11.5. The van der Waals surface area contributed by atoms with Crippen LogP contribution in [-0.2, 0) is 10.8 Å². The van der Waals surface area contributed by atoms with Gasteiger partial charge in [-0.3, -0.25) is 0 Å². The van der Waals surface area contributed by atoms with Gasteiger partial charge in [-0.05, 0) is 92.5 Å². The lowest BCUT2D eigenvalue weighted by atomic mass is 9.64. The first-order chi connectivity index (χ1) is 24.0. The van der Waals surface area contributed by atoms with Crippen LogP contribution in [0.1, 0.15) is 47.2 Å². The number of nitrogens with zero attached hydrogens (tertiary/aromatic N) is 2. The van der Waals surface area contributed by atoms with Gasteiger partial charge in [-0.25, -0.2) is 0 Å². The quantitative estimate of drug-likeness (QED) is 0.192. The summed E-state index contributed by atoms with van der Waals surface area (Å²) >= 11 is 0. The zero-order valence-electron chi connectivity index (χ0n) is 28.0. The second-order valence-corrected chi connectivity index (χ2v) is 14.2. The molecule has 0 amide bonds. The summed E-state index contributed by atoms with van der Waals surface area (Å²) in [6.07, 6.45) is 0. The van der Waals surface area contributed by atoms with Crippen LogP contribution in [-0.4, -0.2) is 7.05 Å². The Bertz CT molecular complexity index is 2410. The van der Waals surface area contributed by atoms with Gasteiger partial charge in [0.1, 0.15) is 0 Å². The van der Waals surface area contributed by atoms with E-state index in [0.717, 1.165) is 0 Å². The molecule has 2 nitrogen and oxygen atoms in total. The summed E-state index contributed by atoms with van der Waals surface area (Å²) in [5.74, 6) is 0. The van der Waals surface area contributed by atoms with Crippen molar-refractivity contribution < 1.29 is 0 Å². The fourth-order valence-corrected chi connectivity index (χ4v) is 9.31. The van der Waals surface area contributed by atoms with Gasteiger partial charge >= 0.3 is 0 Å². The Balaban J connectivity index is 1.21. The summed E-state index contributed by atoms with van der Waals surface area (Å²) in [5.41, 5.74) is 18.9. The zero-order valence-corrected chi connectivity index (χ0v) is 28.0. The maximum absolute atomic E-state index is 2.44. The van der Waals surface area contributed by atoms with Crippen LogP contribution in [0.4, 0.5) is 28.4 Å². The lowest BCUT2D eigenvalue weighted by Gasteiger charge is -2.45. The molecule has 10 rings (SSSR count). The summed E-state index contributed by atoms with van der Waals surface area (Å²) in [6, 6.07) is 60.8. The van der Waals surface area contributed by atoms with Crippen LogP contribution in [0.2, 0.25) is 0 Å². The van der Waals surface area contributed by atoms with Crippen LogP contribution in [0.5, 0.6) is 0 Å². The molecule has 1 heterocycles. The summed E-state index contributed by atoms with van der Waals surface area (Å²) in [4.78, 5) is 4.85. The summed E-state index contributed by atoms with van der Waals surface area (Å²) in [6.45, 7) is 4.72. The molecule has 0 N–H and O–H groups in total. The van der Waals surface area contributed by atoms with E-state index in [2.05, 4.69) is 194 Å². The highest BCUT2D eigenvalue weighted by atomic mass is 15.2. The second kappa shape index (κ2) is 10.1. The summed E-state index contributed by atoms with van der Waals surface area (Å²) < 4.78 is 0. The van der Waals surface area contributed by atoms with Gasteiger partial charge in [0.2, 0.25) is 0 Å². The van der Waals surface area contributed by atoms with Gasteiger partial charge in [0.15, 0.2) is 0 Å². The van der Waals surface area contributed by atoms with E-state index in [1.54, 1.807) is 0 Å². The Morgan fingerprint density at radius 1 is 0.449 bits per heavy atom. The Morgan fingerprint density at radius 2 is 1.00 bits per heavy atom. The van der Waals surface area contributed by atoms with Crippen molar-refractivity contribution in [2.75, 3.05) is 16.8 Å². The number of para-hydroxylation sites is 3. The molecule has 7 aromatic rings. The molecule has 7 aromatic carbocycles. The highest BCUT2D eigenvalue weighted by Crippen LogP contribution is 2.64. The monoisotopic (exact) mass is 628 g/mol. The van der Waals surface area contributed by atoms with Gasteiger partial charge < -0.3 is 9.80 Å². The molecular formula is C47H36N2. The molecule has 1 spiro atoms. The van der Waals surface area contributed by atoms with E-state index in [9.17, 15) is 0 Å². The summed E-state index contributed by atoms with van der Waals surface area (Å²) in [5, 5.41) is 0. The third kappa shape index (κ3) is 3.61. The van der Waals surface area contributed by atoms with Gasteiger partial charge in [-0.15, -0.1) is 0 Å². The number of fused-ring (bicyclic) bond motifs is 12. The molecular weight excluding hydrogens is 593 g/mol. The fourth-order valence-electron chi connectivity index (χ4n) is 9.31. The molecule has 0 bridgehead atoms. The van der Waals surface area contributed by atoms with Gasteiger partial charge in [0.05, 0.1) is 16.8 Å². The van der Waals surface area contributed by atoms with Crippen LogP contribution < -0.4 is 9.80 Å². The van der Waals surface area contributed by atoms with Crippen molar-refractivity contribution in [3.8, 4) is 22.3 Å². The lowest BCUT2D eigenvalue weighted by Crippen LogP contribution is -2.36. The van der Waals surface area contributed by atoms with Crippen molar-refractivity contribution in [1.29, 1.82) is 0 Å². The van der Waals surface area contributed by atoms with E-state index in [-0.39, 0.29) is 5.41 Å². The lowest BCUT2D eigenvalue weighted by molar-refractivity contribution is 0.660. The molecule has 0 atom stereocenters. The third-order valence-corrected chi connectivity index (χ3v) is 11.5. The highest BCUT2D eigenvalue weighted by Gasteiger charge is 2.52. The van der Waals surface area contributed by atoms with E-state index in [4.69, 9.17) is 0 Å². The van der Waals surface area contributed by atoms with Gasteiger partial charge in [-0.2, -0.15) is 0 Å². The fraction of sp³-hybridized carbons (Fsp3) is 0.106. The molecule has 2 aliphatic carbocycles. The molecule has 2 heteroatoms. The van der Waals surface area contributed by atoms with E-state index >= 15 is 0 Å². The maximum Gasteiger partial charge on any atom is 0.0755 e. The molecule has 0 unspecified atom stereocenters. The molecule has 0 fully saturated rings. The Labute approximate surface area is 288 Å². The van der Waals surface area contributed by atoms with Gasteiger partial charge in [0.25, 0.3) is 0 Å². The van der Waals surface area contributed by atoms with E-state index in [0.29, 0.717) is 0 Å². The standard InChI is InChI=1S/C47H36N2/c1-46(2)36-20-9-7-18-33(36)34-29-28-32(30-41(34)46)48(3)44-27-15-24-40-45(44)35-19-8-10-21-37(35)47(40)38-22-11-13-25-42(38)49(31-16-5-4-6-17-31)43-26-14-12-23-39(43)47/h4-30H,1-3H3. The van der Waals surface area contributed by atoms with Crippen molar-refractivity contribution in [1.82, 2.24) is 0 Å². The Kier molecular flexibility index (Phi) is 5.79. The van der Waals surface area contributed by atoms with Crippen molar-refractivity contribution in [2.45, 2.75) is 24.7 Å². The Hall–Kier alpha value is -5.86. The minimum absolute atomic E-state index is 0.0573. The van der Waals surface area contributed by atoms with E-state index in [1.807, 2.05) is 0 Å². The minimum atomic E-state index is -0.469. The van der Waals surface area contributed by atoms with Crippen molar-refractivity contribution in [3.63, 3.8) is 0 Å². The van der Waals surface area contributed by atoms with Gasteiger partial charge in [0, 0.05) is 35.1 Å². The molecule has 0 radical (unpaired) electrons. The van der Waals surface area contributed by atoms with Crippen LogP contribution in [0.25, 0.3) is 22.3 Å². The first-order valence-corrected chi connectivity index (χ1v) is 17.3. The van der Waals surface area contributed by atoms with E-state index in [1.165, 1.54) is 84.1 Å². The number of hydrogen-bond acceptors (Lipinski definition) is 2. The molecule has 0 aromatic heterocycles. The van der Waals surface area contributed by atoms with Crippen LogP contribution in [0.15, 0.2) is 164 Å². The second-order valence-electron chi connectivity index (χ2n) is 14.2. The molecule has 0 saturated heterocycles. The topological polar surface area (TPSA) is 6.48 Å². The number of rotatable bonds is 3. The van der Waals surface area contributed by atoms with E-state index < -0.39 is 5.41 Å². The molecule has 234 valence electrons. The van der Waals surface area contributed by atoms with Crippen LogP contribution in [0, 0.1) is 0 Å². The zero-order chi connectivity index (χ0) is 32.9. The molecule has 0 saturated carbocycles. The number of anilines is 5. The van der Waals surface area contributed by atoms with Crippen LogP contribution in [0.3, 0.4) is 0 Å². The Morgan fingerprint density at radius 3 is 1.71 bits per heavy atom. The normalized spacial score (nSPS) is 15.1. The van der Waals surface area contributed by atoms with Gasteiger partial charge in [-0.1, -0.05) is 135 Å². The first-order valence-electron chi connectivity index (χ1n) is 17.3. The molecule has 3 aliphatic rings. The highest BCUT2D eigenvalue weighted by molar-refractivity contribution is 6.00. The predicted octanol–water partition coefficient (Wildman–Crippen LogP) is 11.9. The predicted molar refractivity (Wildman–Crippen MR) is 204 cm³/mol. The van der Waals surface area contributed by atoms with Crippen molar-refractivity contribution >= 4 is 28.4 Å². The van der Waals surface area contributed by atoms with Crippen molar-refractivity contribution in [2.24, 2.45) is 0 Å².